The summed E-state index contributed by atoms with van der Waals surface area (Å²) in [6.45, 7) is 6.47. The lowest BCUT2D eigenvalue weighted by Crippen LogP contribution is -2.31. The zero-order valence-corrected chi connectivity index (χ0v) is 14.6. The van der Waals surface area contributed by atoms with Crippen molar-refractivity contribution in [2.45, 2.75) is 32.6 Å². The molecule has 2 aromatic heterocycles. The van der Waals surface area contributed by atoms with Gasteiger partial charge < -0.3 is 4.90 Å². The minimum absolute atomic E-state index is 0.429. The molecular weight excluding hydrogens is 306 g/mol. The van der Waals surface area contributed by atoms with Crippen LogP contribution in [0.25, 0.3) is 15.5 Å². The number of hydrogen-bond acceptors (Lipinski definition) is 5. The van der Waals surface area contributed by atoms with E-state index in [1.807, 2.05) is 4.52 Å². The molecule has 3 aromatic rings. The summed E-state index contributed by atoms with van der Waals surface area (Å²) in [7, 11) is 2.17. The number of likely N-dealkylation sites (tertiary alicyclic amines) is 1. The second-order valence-corrected chi connectivity index (χ2v) is 7.54. The van der Waals surface area contributed by atoms with Gasteiger partial charge in [-0.25, -0.2) is 0 Å². The Labute approximate surface area is 140 Å². The maximum atomic E-state index is 4.83. The van der Waals surface area contributed by atoms with Crippen LogP contribution in [0.2, 0.25) is 0 Å². The fourth-order valence-corrected chi connectivity index (χ4v) is 4.36. The van der Waals surface area contributed by atoms with E-state index < -0.39 is 0 Å². The summed E-state index contributed by atoms with van der Waals surface area (Å²) < 4.78 is 1.96. The van der Waals surface area contributed by atoms with Gasteiger partial charge in [0.2, 0.25) is 4.96 Å². The minimum Gasteiger partial charge on any atom is -0.306 e. The molecule has 4 rings (SSSR count). The molecule has 3 heterocycles. The third-order valence-electron chi connectivity index (χ3n) is 4.62. The molecule has 1 aromatic carbocycles. The molecular formula is C17H21N5S. The maximum absolute atomic E-state index is 4.83. The van der Waals surface area contributed by atoms with E-state index in [4.69, 9.17) is 5.10 Å². The first-order valence-electron chi connectivity index (χ1n) is 8.10. The van der Waals surface area contributed by atoms with Crippen LogP contribution in [-0.2, 0) is 0 Å². The molecule has 1 unspecified atom stereocenters. The van der Waals surface area contributed by atoms with Crippen LogP contribution in [0, 0.1) is 13.8 Å². The van der Waals surface area contributed by atoms with Gasteiger partial charge in [0.1, 0.15) is 5.01 Å². The fourth-order valence-electron chi connectivity index (χ4n) is 3.43. The van der Waals surface area contributed by atoms with Crippen molar-refractivity contribution < 1.29 is 0 Å². The summed E-state index contributed by atoms with van der Waals surface area (Å²) in [5.41, 5.74) is 3.73. The second kappa shape index (κ2) is 5.69. The van der Waals surface area contributed by atoms with Crippen molar-refractivity contribution in [3.63, 3.8) is 0 Å². The molecule has 0 spiro atoms. The van der Waals surface area contributed by atoms with E-state index in [1.165, 1.54) is 36.1 Å². The quantitative estimate of drug-likeness (QED) is 0.725. The minimum atomic E-state index is 0.429. The molecule has 1 saturated heterocycles. The smallest absolute Gasteiger partial charge is 0.234 e. The van der Waals surface area contributed by atoms with Crippen LogP contribution in [-0.4, -0.2) is 44.8 Å². The van der Waals surface area contributed by atoms with Gasteiger partial charge in [0.05, 0.1) is 0 Å². The number of likely N-dealkylation sites (N-methyl/N-ethyl adjacent to an activating group) is 1. The first-order valence-corrected chi connectivity index (χ1v) is 8.92. The third kappa shape index (κ3) is 2.66. The normalized spacial score (nSPS) is 19.5. The number of piperidine rings is 1. The van der Waals surface area contributed by atoms with Gasteiger partial charge in [-0.3, -0.25) is 0 Å². The Bertz CT molecular complexity index is 850. The molecule has 0 bridgehead atoms. The molecule has 1 fully saturated rings. The lowest BCUT2D eigenvalue weighted by Gasteiger charge is -2.28. The van der Waals surface area contributed by atoms with Gasteiger partial charge in [-0.1, -0.05) is 35.1 Å². The Hall–Kier alpha value is -1.79. The van der Waals surface area contributed by atoms with E-state index in [2.05, 4.69) is 54.2 Å². The Morgan fingerprint density at radius 2 is 2.09 bits per heavy atom. The van der Waals surface area contributed by atoms with Crippen LogP contribution in [0.15, 0.2) is 18.2 Å². The average Bonchev–Trinajstić information content (AvgIpc) is 3.07. The highest BCUT2D eigenvalue weighted by molar-refractivity contribution is 7.19. The molecule has 1 atom stereocenters. The molecule has 0 N–H and O–H groups in total. The van der Waals surface area contributed by atoms with Crippen LogP contribution in [0.3, 0.4) is 0 Å². The summed E-state index contributed by atoms with van der Waals surface area (Å²) in [6, 6.07) is 6.50. The predicted molar refractivity (Wildman–Crippen MR) is 93.0 cm³/mol. The Morgan fingerprint density at radius 3 is 2.87 bits per heavy atom. The number of hydrogen-bond donors (Lipinski definition) is 0. The highest BCUT2D eigenvalue weighted by Gasteiger charge is 2.25. The van der Waals surface area contributed by atoms with Crippen molar-refractivity contribution in [3.8, 4) is 10.6 Å². The van der Waals surface area contributed by atoms with E-state index in [-0.39, 0.29) is 0 Å². The molecule has 120 valence electrons. The molecule has 6 heteroatoms. The largest absolute Gasteiger partial charge is 0.306 e. The lowest BCUT2D eigenvalue weighted by molar-refractivity contribution is 0.244. The molecule has 23 heavy (non-hydrogen) atoms. The van der Waals surface area contributed by atoms with E-state index >= 15 is 0 Å². The number of benzene rings is 1. The zero-order valence-electron chi connectivity index (χ0n) is 13.8. The van der Waals surface area contributed by atoms with Gasteiger partial charge in [0.25, 0.3) is 0 Å². The van der Waals surface area contributed by atoms with Gasteiger partial charge >= 0.3 is 0 Å². The number of nitrogens with zero attached hydrogens (tertiary/aromatic N) is 5. The third-order valence-corrected chi connectivity index (χ3v) is 5.55. The monoisotopic (exact) mass is 327 g/mol. The van der Waals surface area contributed by atoms with Gasteiger partial charge in [0, 0.05) is 18.0 Å². The first kappa shape index (κ1) is 14.8. The van der Waals surface area contributed by atoms with Gasteiger partial charge in [-0.05, 0) is 45.8 Å². The molecule has 0 aliphatic carbocycles. The van der Waals surface area contributed by atoms with Crippen molar-refractivity contribution >= 4 is 16.3 Å². The topological polar surface area (TPSA) is 46.3 Å². The van der Waals surface area contributed by atoms with Crippen molar-refractivity contribution in [1.82, 2.24) is 24.7 Å². The number of fused-ring (bicyclic) bond motifs is 1. The molecule has 0 amide bonds. The summed E-state index contributed by atoms with van der Waals surface area (Å²) >= 11 is 1.62. The fraction of sp³-hybridized carbons (Fsp3) is 0.471. The van der Waals surface area contributed by atoms with Crippen LogP contribution < -0.4 is 0 Å². The van der Waals surface area contributed by atoms with Crippen molar-refractivity contribution in [2.75, 3.05) is 20.1 Å². The Balaban J connectivity index is 1.74. The number of aromatic nitrogens is 4. The number of aryl methyl sites for hydroxylation is 2. The van der Waals surface area contributed by atoms with Crippen molar-refractivity contribution in [3.05, 3.63) is 35.2 Å². The molecule has 0 radical (unpaired) electrons. The number of rotatable bonds is 2. The maximum Gasteiger partial charge on any atom is 0.234 e. The Morgan fingerprint density at radius 1 is 1.22 bits per heavy atom. The standard InChI is InChI=1S/C17H21N5S/c1-11-6-7-14(12(2)9-11)16-20-22-15(18-19-17(22)23-16)13-5-4-8-21(3)10-13/h6-7,9,13H,4-5,8,10H2,1-3H3. The summed E-state index contributed by atoms with van der Waals surface area (Å²) in [5.74, 6) is 1.44. The summed E-state index contributed by atoms with van der Waals surface area (Å²) in [4.78, 5) is 3.26. The van der Waals surface area contributed by atoms with Gasteiger partial charge in [-0.2, -0.15) is 9.61 Å². The Kier molecular flexibility index (Phi) is 3.66. The molecule has 1 aliphatic heterocycles. The van der Waals surface area contributed by atoms with Crippen LogP contribution in [0.4, 0.5) is 0 Å². The first-order chi connectivity index (χ1) is 11.1. The van der Waals surface area contributed by atoms with E-state index in [0.29, 0.717) is 5.92 Å². The highest BCUT2D eigenvalue weighted by Crippen LogP contribution is 2.31. The summed E-state index contributed by atoms with van der Waals surface area (Å²) in [5, 5.41) is 14.6. The van der Waals surface area contributed by atoms with Crippen LogP contribution in [0.5, 0.6) is 0 Å². The second-order valence-electron chi connectivity index (χ2n) is 6.58. The van der Waals surface area contributed by atoms with Gasteiger partial charge in [0.15, 0.2) is 5.82 Å². The van der Waals surface area contributed by atoms with Gasteiger partial charge in [-0.15, -0.1) is 10.2 Å². The van der Waals surface area contributed by atoms with E-state index in [1.54, 1.807) is 11.3 Å². The van der Waals surface area contributed by atoms with E-state index in [9.17, 15) is 0 Å². The van der Waals surface area contributed by atoms with Crippen LogP contribution in [0.1, 0.15) is 35.7 Å². The average molecular weight is 327 g/mol. The van der Waals surface area contributed by atoms with E-state index in [0.717, 1.165) is 22.3 Å². The van der Waals surface area contributed by atoms with Crippen LogP contribution >= 0.6 is 11.3 Å². The SMILES string of the molecule is Cc1ccc(-c2nn3c(C4CCCN(C)C4)nnc3s2)c(C)c1. The lowest BCUT2D eigenvalue weighted by atomic mass is 9.98. The molecule has 1 aliphatic rings. The molecule has 5 nitrogen and oxygen atoms in total. The summed E-state index contributed by atoms with van der Waals surface area (Å²) in [6.07, 6.45) is 2.38. The van der Waals surface area contributed by atoms with Crippen molar-refractivity contribution in [1.29, 1.82) is 0 Å². The van der Waals surface area contributed by atoms with Crippen molar-refractivity contribution in [2.24, 2.45) is 0 Å². The zero-order chi connectivity index (χ0) is 16.0. The molecule has 0 saturated carbocycles. The highest BCUT2D eigenvalue weighted by atomic mass is 32.1. The predicted octanol–water partition coefficient (Wildman–Crippen LogP) is 3.28.